The van der Waals surface area contributed by atoms with Gasteiger partial charge in [-0.3, -0.25) is 4.79 Å². The van der Waals surface area contributed by atoms with E-state index in [2.05, 4.69) is 15.9 Å². The molecule has 1 aromatic heterocycles. The molecular formula is C8H9BrOS. The van der Waals surface area contributed by atoms with E-state index in [1.165, 1.54) is 10.4 Å². The Morgan fingerprint density at radius 2 is 2.27 bits per heavy atom. The fourth-order valence-corrected chi connectivity index (χ4v) is 2.24. The largest absolute Gasteiger partial charge is 0.292 e. The Bertz CT molecular complexity index is 258. The topological polar surface area (TPSA) is 17.1 Å². The molecule has 0 unspecified atom stereocenters. The molecule has 0 saturated carbocycles. The van der Waals surface area contributed by atoms with Crippen LogP contribution in [0.4, 0.5) is 0 Å². The Labute approximate surface area is 78.6 Å². The average molecular weight is 233 g/mol. The molecule has 3 heteroatoms. The number of thiophene rings is 1. The first-order valence-corrected chi connectivity index (χ1v) is 5.25. The van der Waals surface area contributed by atoms with Gasteiger partial charge in [0, 0.05) is 4.88 Å². The van der Waals surface area contributed by atoms with E-state index in [1.54, 1.807) is 11.3 Å². The molecule has 1 rings (SSSR count). The van der Waals surface area contributed by atoms with Crippen LogP contribution >= 0.6 is 27.3 Å². The lowest BCUT2D eigenvalue weighted by Crippen LogP contribution is -1.95. The molecular weight excluding hydrogens is 224 g/mol. The lowest BCUT2D eigenvalue weighted by atomic mass is 10.2. The van der Waals surface area contributed by atoms with E-state index in [0.717, 1.165) is 4.88 Å². The van der Waals surface area contributed by atoms with Crippen LogP contribution in [0.25, 0.3) is 0 Å². The van der Waals surface area contributed by atoms with Crippen molar-refractivity contribution in [2.75, 3.05) is 5.33 Å². The summed E-state index contributed by atoms with van der Waals surface area (Å²) in [6.07, 6.45) is 0. The maximum atomic E-state index is 11.1. The van der Waals surface area contributed by atoms with Gasteiger partial charge in [-0.2, -0.15) is 0 Å². The highest BCUT2D eigenvalue weighted by Crippen LogP contribution is 2.21. The molecule has 60 valence electrons. The van der Waals surface area contributed by atoms with Crippen molar-refractivity contribution in [3.63, 3.8) is 0 Å². The molecule has 0 spiro atoms. The molecule has 0 atom stereocenters. The molecule has 1 nitrogen and oxygen atoms in total. The Morgan fingerprint density at radius 1 is 1.64 bits per heavy atom. The predicted octanol–water partition coefficient (Wildman–Crippen LogP) is 2.94. The van der Waals surface area contributed by atoms with E-state index < -0.39 is 0 Å². The molecule has 0 aliphatic heterocycles. The van der Waals surface area contributed by atoms with Gasteiger partial charge in [-0.25, -0.2) is 0 Å². The minimum atomic E-state index is 0.172. The summed E-state index contributed by atoms with van der Waals surface area (Å²) >= 11 is 4.71. The monoisotopic (exact) mass is 232 g/mol. The maximum Gasteiger partial charge on any atom is 0.183 e. The summed E-state index contributed by atoms with van der Waals surface area (Å²) in [5, 5.41) is 0.423. The Hall–Kier alpha value is -0.150. The molecule has 1 heterocycles. The van der Waals surface area contributed by atoms with Gasteiger partial charge in [0.25, 0.3) is 0 Å². The summed E-state index contributed by atoms with van der Waals surface area (Å²) in [7, 11) is 0. The van der Waals surface area contributed by atoms with Gasteiger partial charge in [0.2, 0.25) is 0 Å². The highest BCUT2D eigenvalue weighted by molar-refractivity contribution is 9.09. The van der Waals surface area contributed by atoms with Crippen molar-refractivity contribution < 1.29 is 4.79 Å². The van der Waals surface area contributed by atoms with Crippen LogP contribution in [0.5, 0.6) is 0 Å². The van der Waals surface area contributed by atoms with Crippen LogP contribution in [0, 0.1) is 13.8 Å². The zero-order valence-corrected chi connectivity index (χ0v) is 8.88. The van der Waals surface area contributed by atoms with Gasteiger partial charge in [-0.1, -0.05) is 15.9 Å². The normalized spacial score (nSPS) is 10.1. The highest BCUT2D eigenvalue weighted by atomic mass is 79.9. The van der Waals surface area contributed by atoms with Crippen molar-refractivity contribution in [3.8, 4) is 0 Å². The molecule has 0 N–H and O–H groups in total. The van der Waals surface area contributed by atoms with Crippen molar-refractivity contribution in [1.29, 1.82) is 0 Å². The molecule has 0 fully saturated rings. The zero-order chi connectivity index (χ0) is 8.43. The summed E-state index contributed by atoms with van der Waals surface area (Å²) < 4.78 is 0. The predicted molar refractivity (Wildman–Crippen MR) is 51.9 cm³/mol. The van der Waals surface area contributed by atoms with Crippen molar-refractivity contribution >= 4 is 33.0 Å². The Balaban J connectivity index is 2.97. The van der Waals surface area contributed by atoms with Gasteiger partial charge in [-0.05, 0) is 25.5 Å². The highest BCUT2D eigenvalue weighted by Gasteiger charge is 2.07. The number of carbonyl (C=O) groups excluding carboxylic acids is 1. The third kappa shape index (κ3) is 1.91. The Morgan fingerprint density at radius 3 is 2.64 bits per heavy atom. The number of alkyl halides is 1. The van der Waals surface area contributed by atoms with E-state index >= 15 is 0 Å². The van der Waals surface area contributed by atoms with E-state index in [9.17, 15) is 4.79 Å². The molecule has 0 bridgehead atoms. The second-order valence-electron chi connectivity index (χ2n) is 2.41. The summed E-state index contributed by atoms with van der Waals surface area (Å²) in [6.45, 7) is 4.06. The van der Waals surface area contributed by atoms with Gasteiger partial charge in [-0.15, -0.1) is 11.3 Å². The summed E-state index contributed by atoms with van der Waals surface area (Å²) in [4.78, 5) is 13.2. The van der Waals surface area contributed by atoms with Crippen molar-refractivity contribution in [2.45, 2.75) is 13.8 Å². The van der Waals surface area contributed by atoms with Crippen LogP contribution < -0.4 is 0 Å². The third-order valence-electron chi connectivity index (χ3n) is 1.56. The van der Waals surface area contributed by atoms with Crippen LogP contribution in [0.2, 0.25) is 0 Å². The number of hydrogen-bond acceptors (Lipinski definition) is 2. The Kier molecular flexibility index (Phi) is 2.84. The molecule has 0 aliphatic carbocycles. The number of Topliss-reactive ketones (excluding diaryl/α,β-unsaturated/α-hetero) is 1. The molecule has 0 radical (unpaired) electrons. The maximum absolute atomic E-state index is 11.1. The fraction of sp³-hybridized carbons (Fsp3) is 0.375. The summed E-state index contributed by atoms with van der Waals surface area (Å²) in [6, 6.07) is 1.95. The van der Waals surface area contributed by atoms with E-state index in [4.69, 9.17) is 0 Å². The molecule has 0 amide bonds. The van der Waals surface area contributed by atoms with Crippen molar-refractivity contribution in [1.82, 2.24) is 0 Å². The van der Waals surface area contributed by atoms with Crippen LogP contribution in [0.3, 0.4) is 0 Å². The standard InChI is InChI=1S/C8H9BrOS/c1-5-3-8(7(10)4-9)11-6(5)2/h3H,4H2,1-2H3. The number of halogens is 1. The van der Waals surface area contributed by atoms with Gasteiger partial charge < -0.3 is 0 Å². The van der Waals surface area contributed by atoms with Crippen LogP contribution in [0.1, 0.15) is 20.1 Å². The summed E-state index contributed by atoms with van der Waals surface area (Å²) in [5.74, 6) is 0.172. The van der Waals surface area contributed by atoms with Gasteiger partial charge in [0.1, 0.15) is 0 Å². The zero-order valence-electron chi connectivity index (χ0n) is 6.48. The molecule has 1 aromatic rings. The summed E-state index contributed by atoms with van der Waals surface area (Å²) in [5.41, 5.74) is 1.21. The third-order valence-corrected chi connectivity index (χ3v) is 3.27. The number of ketones is 1. The molecule has 0 saturated heterocycles. The van der Waals surface area contributed by atoms with Crippen LogP contribution in [-0.4, -0.2) is 11.1 Å². The lowest BCUT2D eigenvalue weighted by molar-refractivity contribution is 0.102. The van der Waals surface area contributed by atoms with E-state index in [1.807, 2.05) is 19.9 Å². The lowest BCUT2D eigenvalue weighted by Gasteiger charge is -1.86. The van der Waals surface area contributed by atoms with Crippen molar-refractivity contribution in [3.05, 3.63) is 21.4 Å². The molecule has 11 heavy (non-hydrogen) atoms. The van der Waals surface area contributed by atoms with Crippen LogP contribution in [0.15, 0.2) is 6.07 Å². The SMILES string of the molecule is Cc1cc(C(=O)CBr)sc1C. The van der Waals surface area contributed by atoms with E-state index in [-0.39, 0.29) is 5.78 Å². The fourth-order valence-electron chi connectivity index (χ4n) is 0.776. The molecule has 0 aromatic carbocycles. The first kappa shape index (κ1) is 8.94. The smallest absolute Gasteiger partial charge is 0.183 e. The van der Waals surface area contributed by atoms with Crippen molar-refractivity contribution in [2.24, 2.45) is 0 Å². The van der Waals surface area contributed by atoms with Gasteiger partial charge in [0.15, 0.2) is 5.78 Å². The second-order valence-corrected chi connectivity index (χ2v) is 4.22. The van der Waals surface area contributed by atoms with E-state index in [0.29, 0.717) is 5.33 Å². The van der Waals surface area contributed by atoms with Gasteiger partial charge in [0.05, 0.1) is 10.2 Å². The average Bonchev–Trinajstić information content (AvgIpc) is 2.31. The first-order valence-electron chi connectivity index (χ1n) is 3.31. The minimum absolute atomic E-state index is 0.172. The number of carbonyl (C=O) groups is 1. The first-order chi connectivity index (χ1) is 5.15. The number of hydrogen-bond donors (Lipinski definition) is 0. The quantitative estimate of drug-likeness (QED) is 0.567. The minimum Gasteiger partial charge on any atom is -0.292 e. The second kappa shape index (κ2) is 3.50. The van der Waals surface area contributed by atoms with Gasteiger partial charge >= 0.3 is 0 Å². The molecule has 0 aliphatic rings. The number of aryl methyl sites for hydroxylation is 2. The number of rotatable bonds is 2. The van der Waals surface area contributed by atoms with Crippen LogP contribution in [-0.2, 0) is 0 Å².